The first kappa shape index (κ1) is 15.1. The minimum Gasteiger partial charge on any atom is -0.497 e. The third-order valence-corrected chi connectivity index (χ3v) is 3.34. The molecular weight excluding hydrogens is 316 g/mol. The van der Waals surface area contributed by atoms with Gasteiger partial charge in [0.05, 0.1) is 7.11 Å². The Kier molecular flexibility index (Phi) is 5.22. The van der Waals surface area contributed by atoms with Crippen LogP contribution in [-0.4, -0.2) is 7.11 Å². The molecular formula is C13H12O4S3. The maximum Gasteiger partial charge on any atom is 0.148 e. The van der Waals surface area contributed by atoms with Crippen LogP contribution in [-0.2, 0) is 0 Å². The van der Waals surface area contributed by atoms with Gasteiger partial charge in [0, 0.05) is 55.9 Å². The van der Waals surface area contributed by atoms with Gasteiger partial charge in [-0.2, -0.15) is 0 Å². The molecule has 0 bridgehead atoms. The Labute approximate surface area is 133 Å². The second kappa shape index (κ2) is 6.92. The normalized spacial score (nSPS) is 10.0. The lowest BCUT2D eigenvalue weighted by Gasteiger charge is -2.13. The minimum atomic E-state index is 0.524. The van der Waals surface area contributed by atoms with E-state index in [1.165, 1.54) is 0 Å². The second-order valence-electron chi connectivity index (χ2n) is 3.79. The van der Waals surface area contributed by atoms with Crippen molar-refractivity contribution in [2.75, 3.05) is 7.11 Å². The van der Waals surface area contributed by atoms with Crippen LogP contribution in [0.25, 0.3) is 11.1 Å². The molecule has 0 heterocycles. The van der Waals surface area contributed by atoms with Gasteiger partial charge in [-0.1, -0.05) is 0 Å². The Morgan fingerprint density at radius 3 is 2.00 bits per heavy atom. The van der Waals surface area contributed by atoms with Gasteiger partial charge in [-0.05, 0) is 30.3 Å². The van der Waals surface area contributed by atoms with Crippen LogP contribution in [0.3, 0.4) is 0 Å². The summed E-state index contributed by atoms with van der Waals surface area (Å²) in [6, 6.07) is 10.6. The third-order valence-electron chi connectivity index (χ3n) is 2.73. The summed E-state index contributed by atoms with van der Waals surface area (Å²) >= 11 is 11.5. The van der Waals surface area contributed by atoms with Crippen LogP contribution in [0.15, 0.2) is 36.4 Å². The van der Waals surface area contributed by atoms with Gasteiger partial charge in [0.15, 0.2) is 0 Å². The molecule has 2 rings (SSSR count). The molecule has 4 nitrogen and oxygen atoms in total. The molecule has 106 valence electrons. The fourth-order valence-corrected chi connectivity index (χ4v) is 2.21. The molecule has 0 aromatic heterocycles. The van der Waals surface area contributed by atoms with E-state index in [1.807, 2.05) is 12.1 Å². The number of hydrogen-bond acceptors (Lipinski definition) is 7. The molecule has 2 aromatic rings. The zero-order chi connectivity index (χ0) is 14.5. The summed E-state index contributed by atoms with van der Waals surface area (Å²) in [5.74, 6) is 2.31. The fourth-order valence-electron chi connectivity index (χ4n) is 1.78. The fraction of sp³-hybridized carbons (Fsp3) is 0.0769. The first-order chi connectivity index (χ1) is 9.73. The topological polar surface area (TPSA) is 36.9 Å². The second-order valence-corrected chi connectivity index (χ2v) is 4.34. The first-order valence-electron chi connectivity index (χ1n) is 5.50. The maximum atomic E-state index is 5.15. The molecule has 0 unspecified atom stereocenters. The quantitative estimate of drug-likeness (QED) is 0.572. The van der Waals surface area contributed by atoms with E-state index >= 15 is 0 Å². The van der Waals surface area contributed by atoms with Crippen molar-refractivity contribution in [1.82, 2.24) is 0 Å². The van der Waals surface area contributed by atoms with Crippen molar-refractivity contribution < 1.29 is 17.3 Å². The highest BCUT2D eigenvalue weighted by Gasteiger charge is 2.14. The standard InChI is InChI=1S/C13H12O4S3/c1-14-8-2-4-10(13(7-8)17-20)11-6-9(15-18)3-5-12(11)16-19/h2-7,18-20H,1H3. The summed E-state index contributed by atoms with van der Waals surface area (Å²) in [4.78, 5) is 0. The Morgan fingerprint density at radius 2 is 1.40 bits per heavy atom. The summed E-state index contributed by atoms with van der Waals surface area (Å²) in [5, 5.41) is 0. The largest absolute Gasteiger partial charge is 0.497 e. The molecule has 0 atom stereocenters. The molecule has 0 radical (unpaired) electrons. The maximum absolute atomic E-state index is 5.15. The summed E-state index contributed by atoms with van der Waals surface area (Å²) in [5.41, 5.74) is 1.50. The van der Waals surface area contributed by atoms with Gasteiger partial charge in [0.2, 0.25) is 0 Å². The Bertz CT molecular complexity index is 604. The van der Waals surface area contributed by atoms with E-state index in [9.17, 15) is 0 Å². The van der Waals surface area contributed by atoms with Crippen LogP contribution >= 0.6 is 38.7 Å². The van der Waals surface area contributed by atoms with Crippen LogP contribution in [0.1, 0.15) is 0 Å². The molecule has 7 heteroatoms. The predicted molar refractivity (Wildman–Crippen MR) is 87.3 cm³/mol. The smallest absolute Gasteiger partial charge is 0.148 e. The average Bonchev–Trinajstić information content (AvgIpc) is 2.53. The van der Waals surface area contributed by atoms with Crippen molar-refractivity contribution in [2.24, 2.45) is 0 Å². The summed E-state index contributed by atoms with van der Waals surface area (Å²) in [7, 11) is 1.58. The van der Waals surface area contributed by atoms with Crippen LogP contribution in [0.5, 0.6) is 23.0 Å². The van der Waals surface area contributed by atoms with E-state index in [-0.39, 0.29) is 0 Å². The molecule has 0 aliphatic carbocycles. The summed E-state index contributed by atoms with van der Waals surface area (Å²) < 4.78 is 20.2. The van der Waals surface area contributed by atoms with Gasteiger partial charge in [0.1, 0.15) is 23.0 Å². The SMILES string of the molecule is COc1ccc(-c2cc(OS)ccc2OS)c(OS)c1. The van der Waals surface area contributed by atoms with Gasteiger partial charge < -0.3 is 17.3 Å². The zero-order valence-electron chi connectivity index (χ0n) is 10.4. The van der Waals surface area contributed by atoms with E-state index in [4.69, 9.17) is 17.3 Å². The van der Waals surface area contributed by atoms with E-state index in [1.54, 1.807) is 31.4 Å². The van der Waals surface area contributed by atoms with Crippen LogP contribution in [0, 0.1) is 0 Å². The zero-order valence-corrected chi connectivity index (χ0v) is 13.1. The molecule has 0 saturated heterocycles. The van der Waals surface area contributed by atoms with Crippen LogP contribution in [0.2, 0.25) is 0 Å². The van der Waals surface area contributed by atoms with Crippen LogP contribution < -0.4 is 17.3 Å². The van der Waals surface area contributed by atoms with E-state index < -0.39 is 0 Å². The third kappa shape index (κ3) is 3.05. The number of ether oxygens (including phenoxy) is 1. The molecule has 0 N–H and O–H groups in total. The number of methoxy groups -OCH3 is 1. The van der Waals surface area contributed by atoms with Gasteiger partial charge >= 0.3 is 0 Å². The summed E-state index contributed by atoms with van der Waals surface area (Å²) in [6.45, 7) is 0. The molecule has 0 fully saturated rings. The lowest BCUT2D eigenvalue weighted by atomic mass is 10.0. The number of hydrogen-bond donors (Lipinski definition) is 3. The van der Waals surface area contributed by atoms with Gasteiger partial charge in [-0.3, -0.25) is 0 Å². The molecule has 2 aromatic carbocycles. The lowest BCUT2D eigenvalue weighted by Crippen LogP contribution is -1.90. The monoisotopic (exact) mass is 328 g/mol. The Hall–Kier alpha value is -1.31. The number of thiol groups is 3. The first-order valence-corrected chi connectivity index (χ1v) is 6.59. The van der Waals surface area contributed by atoms with Gasteiger partial charge in [0.25, 0.3) is 0 Å². The highest BCUT2D eigenvalue weighted by atomic mass is 32.1. The molecule has 20 heavy (non-hydrogen) atoms. The molecule has 0 saturated carbocycles. The highest BCUT2D eigenvalue weighted by Crippen LogP contribution is 2.41. The molecule has 0 aliphatic rings. The Balaban J connectivity index is 2.60. The van der Waals surface area contributed by atoms with Crippen molar-refractivity contribution >= 4 is 38.7 Å². The van der Waals surface area contributed by atoms with E-state index in [0.717, 1.165) is 11.1 Å². The predicted octanol–water partition coefficient (Wildman–Crippen LogP) is 4.03. The number of benzene rings is 2. The van der Waals surface area contributed by atoms with Crippen molar-refractivity contribution in [2.45, 2.75) is 0 Å². The van der Waals surface area contributed by atoms with Crippen molar-refractivity contribution in [3.05, 3.63) is 36.4 Å². The molecule has 0 spiro atoms. The van der Waals surface area contributed by atoms with E-state index in [2.05, 4.69) is 38.7 Å². The molecule has 0 aliphatic heterocycles. The van der Waals surface area contributed by atoms with Crippen molar-refractivity contribution in [3.8, 4) is 34.1 Å². The lowest BCUT2D eigenvalue weighted by molar-refractivity contribution is 0.413. The molecule has 0 amide bonds. The van der Waals surface area contributed by atoms with Crippen molar-refractivity contribution in [3.63, 3.8) is 0 Å². The number of rotatable bonds is 5. The van der Waals surface area contributed by atoms with Gasteiger partial charge in [-0.25, -0.2) is 0 Å². The Morgan fingerprint density at radius 1 is 0.700 bits per heavy atom. The summed E-state index contributed by atoms with van der Waals surface area (Å²) in [6.07, 6.45) is 0. The highest BCUT2D eigenvalue weighted by molar-refractivity contribution is 7.75. The average molecular weight is 328 g/mol. The van der Waals surface area contributed by atoms with Crippen LogP contribution in [0.4, 0.5) is 0 Å². The van der Waals surface area contributed by atoms with Crippen molar-refractivity contribution in [1.29, 1.82) is 0 Å². The minimum absolute atomic E-state index is 0.524. The van der Waals surface area contributed by atoms with Gasteiger partial charge in [-0.15, -0.1) is 0 Å². The van der Waals surface area contributed by atoms with E-state index in [0.29, 0.717) is 23.0 Å².